The number of nitrogens with one attached hydrogen (secondary N) is 2. The minimum atomic E-state index is -0.237. The molecule has 168 valence electrons. The number of benzene rings is 2. The summed E-state index contributed by atoms with van der Waals surface area (Å²) in [6.07, 6.45) is 2.17. The summed E-state index contributed by atoms with van der Waals surface area (Å²) < 4.78 is 0. The first-order valence-electron chi connectivity index (χ1n) is 11.1. The summed E-state index contributed by atoms with van der Waals surface area (Å²) in [5, 5.41) is 4.47. The number of likely N-dealkylation sites (tertiary alicyclic amines) is 1. The topological polar surface area (TPSA) is 68.4 Å². The van der Waals surface area contributed by atoms with Crippen molar-refractivity contribution in [2.75, 3.05) is 25.0 Å². The van der Waals surface area contributed by atoms with Crippen LogP contribution in [0.1, 0.15) is 30.9 Å². The first kappa shape index (κ1) is 22.4. The van der Waals surface area contributed by atoms with Gasteiger partial charge in [-0.25, -0.2) is 4.79 Å². The van der Waals surface area contributed by atoms with Crippen LogP contribution in [-0.2, 0) is 6.54 Å². The number of nitrogens with zero attached hydrogens (tertiary/aromatic N) is 2. The molecule has 1 aliphatic heterocycles. The lowest BCUT2D eigenvalue weighted by Gasteiger charge is -2.30. The highest BCUT2D eigenvalue weighted by molar-refractivity contribution is 6.30. The smallest absolute Gasteiger partial charge is 0.321 e. The van der Waals surface area contributed by atoms with Crippen LogP contribution in [0.3, 0.4) is 0 Å². The van der Waals surface area contributed by atoms with E-state index in [1.165, 1.54) is 0 Å². The number of carbonyl (C=O) groups excluding carboxylic acids is 1. The summed E-state index contributed by atoms with van der Waals surface area (Å²) in [5.41, 5.74) is 2.90. The summed E-state index contributed by atoms with van der Waals surface area (Å²) in [6, 6.07) is 15.0. The lowest BCUT2D eigenvalue weighted by molar-refractivity contribution is 0.174. The summed E-state index contributed by atoms with van der Waals surface area (Å²) in [5.74, 6) is 0. The number of likely N-dealkylation sites (N-methyl/N-ethyl adjacent to an activating group) is 1. The summed E-state index contributed by atoms with van der Waals surface area (Å²) in [4.78, 5) is 33.3. The molecule has 1 fully saturated rings. The zero-order valence-corrected chi connectivity index (χ0v) is 19.3. The van der Waals surface area contributed by atoms with Crippen LogP contribution in [-0.4, -0.2) is 46.5 Å². The van der Waals surface area contributed by atoms with Crippen LogP contribution in [0.25, 0.3) is 10.9 Å². The molecule has 2 N–H and O–H groups in total. The number of aromatic amines is 1. The summed E-state index contributed by atoms with van der Waals surface area (Å²) >= 11 is 6.09. The number of aromatic nitrogens is 1. The first-order valence-corrected chi connectivity index (χ1v) is 11.5. The number of fused-ring (bicyclic) bond motifs is 1. The maximum absolute atomic E-state index is 13.3. The minimum Gasteiger partial charge on any atom is -0.321 e. The maximum Gasteiger partial charge on any atom is 0.322 e. The highest BCUT2D eigenvalue weighted by Crippen LogP contribution is 2.21. The fourth-order valence-electron chi connectivity index (χ4n) is 4.51. The zero-order chi connectivity index (χ0) is 22.7. The third-order valence-electron chi connectivity index (χ3n) is 6.23. The van der Waals surface area contributed by atoms with Crippen LogP contribution in [0.15, 0.2) is 53.3 Å². The fourth-order valence-corrected chi connectivity index (χ4v) is 4.70. The van der Waals surface area contributed by atoms with Crippen molar-refractivity contribution in [2.24, 2.45) is 0 Å². The van der Waals surface area contributed by atoms with Gasteiger partial charge in [-0.3, -0.25) is 9.69 Å². The molecule has 1 atom stereocenters. The lowest BCUT2D eigenvalue weighted by atomic mass is 10.1. The molecule has 4 rings (SSSR count). The van der Waals surface area contributed by atoms with Gasteiger partial charge >= 0.3 is 6.03 Å². The Labute approximate surface area is 193 Å². The molecule has 0 saturated carbocycles. The van der Waals surface area contributed by atoms with E-state index >= 15 is 0 Å². The molecule has 1 aromatic heterocycles. The Hall–Kier alpha value is -2.83. The molecule has 7 heteroatoms. The van der Waals surface area contributed by atoms with E-state index in [-0.39, 0.29) is 24.2 Å². The maximum atomic E-state index is 13.3. The van der Waals surface area contributed by atoms with Gasteiger partial charge in [0.2, 0.25) is 0 Å². The number of halogens is 1. The molecule has 0 bridgehead atoms. The van der Waals surface area contributed by atoms with E-state index in [0.29, 0.717) is 22.8 Å². The minimum absolute atomic E-state index is 0.161. The molecule has 2 aromatic carbocycles. The number of pyridine rings is 1. The second-order valence-electron chi connectivity index (χ2n) is 8.41. The van der Waals surface area contributed by atoms with Crippen LogP contribution in [0, 0.1) is 6.92 Å². The highest BCUT2D eigenvalue weighted by atomic mass is 35.5. The SMILES string of the molecule is CCN1CCC[C@H]1CN(Cc1cc2cccc(C)c2[nH]c1=O)C(=O)Nc1cccc(Cl)c1. The Kier molecular flexibility index (Phi) is 6.82. The third kappa shape index (κ3) is 4.97. The second kappa shape index (κ2) is 9.76. The predicted octanol–water partition coefficient (Wildman–Crippen LogP) is 5.01. The Balaban J connectivity index is 1.62. The van der Waals surface area contributed by atoms with Crippen LogP contribution in [0.5, 0.6) is 0 Å². The molecule has 0 spiro atoms. The van der Waals surface area contributed by atoms with Crippen LogP contribution < -0.4 is 10.9 Å². The van der Waals surface area contributed by atoms with Crippen molar-refractivity contribution in [1.29, 1.82) is 0 Å². The van der Waals surface area contributed by atoms with E-state index in [1.807, 2.05) is 37.3 Å². The average molecular weight is 453 g/mol. The number of rotatable bonds is 6. The van der Waals surface area contributed by atoms with E-state index in [2.05, 4.69) is 22.1 Å². The van der Waals surface area contributed by atoms with Crippen molar-refractivity contribution in [3.05, 3.63) is 75.0 Å². The van der Waals surface area contributed by atoms with E-state index < -0.39 is 0 Å². The average Bonchev–Trinajstić information content (AvgIpc) is 3.21. The van der Waals surface area contributed by atoms with Gasteiger partial charge in [-0.15, -0.1) is 0 Å². The number of H-pyrrole nitrogens is 1. The van der Waals surface area contributed by atoms with Gasteiger partial charge in [0.05, 0.1) is 12.1 Å². The molecule has 2 heterocycles. The number of anilines is 1. The number of aryl methyl sites for hydroxylation is 1. The largest absolute Gasteiger partial charge is 0.322 e. The second-order valence-corrected chi connectivity index (χ2v) is 8.84. The highest BCUT2D eigenvalue weighted by Gasteiger charge is 2.28. The van der Waals surface area contributed by atoms with Crippen molar-refractivity contribution in [3.63, 3.8) is 0 Å². The van der Waals surface area contributed by atoms with Gasteiger partial charge in [0.15, 0.2) is 0 Å². The van der Waals surface area contributed by atoms with Gasteiger partial charge in [-0.05, 0) is 68.1 Å². The van der Waals surface area contributed by atoms with Gasteiger partial charge < -0.3 is 15.2 Å². The molecule has 32 heavy (non-hydrogen) atoms. The Morgan fingerprint density at radius 3 is 2.84 bits per heavy atom. The van der Waals surface area contributed by atoms with Crippen molar-refractivity contribution >= 4 is 34.2 Å². The number of para-hydroxylation sites is 1. The van der Waals surface area contributed by atoms with Crippen LogP contribution in [0.2, 0.25) is 5.02 Å². The normalized spacial score (nSPS) is 16.4. The molecular weight excluding hydrogens is 424 g/mol. The number of carbonyl (C=O) groups is 1. The number of hydrogen-bond acceptors (Lipinski definition) is 3. The van der Waals surface area contributed by atoms with Crippen molar-refractivity contribution in [2.45, 2.75) is 39.3 Å². The van der Waals surface area contributed by atoms with Gasteiger partial charge in [0.25, 0.3) is 5.56 Å². The van der Waals surface area contributed by atoms with Crippen LogP contribution in [0.4, 0.5) is 10.5 Å². The molecule has 1 saturated heterocycles. The molecule has 0 aliphatic carbocycles. The molecule has 6 nitrogen and oxygen atoms in total. The molecule has 0 radical (unpaired) electrons. The van der Waals surface area contributed by atoms with Gasteiger partial charge in [0, 0.05) is 28.9 Å². The fraction of sp³-hybridized carbons (Fsp3) is 0.360. The van der Waals surface area contributed by atoms with Crippen molar-refractivity contribution in [1.82, 2.24) is 14.8 Å². The Morgan fingerprint density at radius 2 is 2.06 bits per heavy atom. The molecule has 0 unspecified atom stereocenters. The Bertz CT molecular complexity index is 1180. The van der Waals surface area contributed by atoms with Crippen molar-refractivity contribution < 1.29 is 4.79 Å². The van der Waals surface area contributed by atoms with E-state index in [1.54, 1.807) is 23.1 Å². The quantitative estimate of drug-likeness (QED) is 0.552. The summed E-state index contributed by atoms with van der Waals surface area (Å²) in [7, 11) is 0. The molecule has 2 amide bonds. The molecular formula is C25H29ClN4O2. The van der Waals surface area contributed by atoms with Gasteiger partial charge in [-0.1, -0.05) is 42.8 Å². The van der Waals surface area contributed by atoms with Crippen LogP contribution >= 0.6 is 11.6 Å². The molecule has 1 aliphatic rings. The Morgan fingerprint density at radius 1 is 1.25 bits per heavy atom. The van der Waals surface area contributed by atoms with E-state index in [0.717, 1.165) is 42.4 Å². The number of hydrogen-bond donors (Lipinski definition) is 2. The zero-order valence-electron chi connectivity index (χ0n) is 18.5. The van der Waals surface area contributed by atoms with Gasteiger partial charge in [0.1, 0.15) is 0 Å². The number of amides is 2. The standard InChI is InChI=1S/C25H29ClN4O2/c1-3-29-12-6-11-22(29)16-30(25(32)27-21-10-5-9-20(26)14-21)15-19-13-18-8-4-7-17(2)23(18)28-24(19)31/h4-5,7-10,13-14,22H,3,6,11-12,15-16H2,1-2H3,(H,27,32)(H,28,31)/t22-/m0/s1. The first-order chi connectivity index (χ1) is 15.4. The molecule has 3 aromatic rings. The third-order valence-corrected chi connectivity index (χ3v) is 6.46. The lowest BCUT2D eigenvalue weighted by Crippen LogP contribution is -2.45. The van der Waals surface area contributed by atoms with E-state index in [9.17, 15) is 9.59 Å². The van der Waals surface area contributed by atoms with E-state index in [4.69, 9.17) is 11.6 Å². The summed E-state index contributed by atoms with van der Waals surface area (Å²) in [6.45, 7) is 6.91. The predicted molar refractivity (Wildman–Crippen MR) is 130 cm³/mol. The monoisotopic (exact) mass is 452 g/mol. The van der Waals surface area contributed by atoms with Gasteiger partial charge in [-0.2, -0.15) is 0 Å². The number of urea groups is 1. The van der Waals surface area contributed by atoms with Crippen molar-refractivity contribution in [3.8, 4) is 0 Å².